The monoisotopic (exact) mass is 271 g/mol. The average Bonchev–Trinajstić information content (AvgIpc) is 2.13. The normalized spacial score (nSPS) is 35.4. The Labute approximate surface area is 82.0 Å². The third-order valence-corrected chi connectivity index (χ3v) is 3.92. The summed E-state index contributed by atoms with van der Waals surface area (Å²) in [6, 6.07) is 0.645. The fourth-order valence-corrected chi connectivity index (χ4v) is 2.98. The molecule has 0 bridgehead atoms. The molecular weight excluding hydrogens is 257 g/mol. The maximum Gasteiger partial charge on any atom is 0.0287 e. The summed E-state index contributed by atoms with van der Waals surface area (Å²) in [7, 11) is 0. The van der Waals surface area contributed by atoms with E-state index in [9.17, 15) is 0 Å². The van der Waals surface area contributed by atoms with Gasteiger partial charge in [0.2, 0.25) is 0 Å². The van der Waals surface area contributed by atoms with E-state index in [1.807, 2.05) is 0 Å². The molecule has 2 atom stereocenters. The van der Waals surface area contributed by atoms with Crippen molar-refractivity contribution in [3.63, 3.8) is 0 Å². The Morgan fingerprint density at radius 1 is 1.20 bits per heavy atom. The molecule has 1 aliphatic rings. The van der Waals surface area contributed by atoms with Gasteiger partial charge in [-0.3, -0.25) is 4.72 Å². The first kappa shape index (κ1) is 9.13. The molecule has 1 saturated carbocycles. The van der Waals surface area contributed by atoms with E-state index in [4.69, 9.17) is 0 Å². The van der Waals surface area contributed by atoms with E-state index in [1.165, 1.54) is 32.1 Å². The molecule has 1 fully saturated rings. The predicted molar refractivity (Wildman–Crippen MR) is 56.8 cm³/mol. The lowest BCUT2D eigenvalue weighted by Gasteiger charge is -2.17. The maximum absolute atomic E-state index is 4.12. The lowest BCUT2D eigenvalue weighted by Crippen LogP contribution is -2.29. The van der Waals surface area contributed by atoms with Gasteiger partial charge in [0.1, 0.15) is 0 Å². The van der Waals surface area contributed by atoms with E-state index >= 15 is 0 Å². The number of hydrogen-bond donors (Lipinski definition) is 2. The van der Waals surface area contributed by atoms with Crippen molar-refractivity contribution in [2.24, 2.45) is 0 Å². The summed E-state index contributed by atoms with van der Waals surface area (Å²) in [4.78, 5) is 0. The molecule has 60 valence electrons. The predicted octanol–water partition coefficient (Wildman–Crippen LogP) is 2.56. The van der Waals surface area contributed by atoms with Crippen LogP contribution in [0.4, 0.5) is 0 Å². The summed E-state index contributed by atoms with van der Waals surface area (Å²) in [5.74, 6) is 0. The number of alkyl halides is 1. The highest BCUT2D eigenvalue weighted by atomic mass is 127. The summed E-state index contributed by atoms with van der Waals surface area (Å²) in [5, 5.41) is 0. The van der Waals surface area contributed by atoms with Gasteiger partial charge in [-0.25, -0.2) is 0 Å². The fourth-order valence-electron chi connectivity index (χ4n) is 1.41. The second-order valence-electron chi connectivity index (χ2n) is 2.89. The van der Waals surface area contributed by atoms with E-state index < -0.39 is 0 Å². The molecule has 0 aromatic rings. The Bertz CT molecular complexity index is 99.6. The van der Waals surface area contributed by atoms with Crippen LogP contribution < -0.4 is 4.72 Å². The van der Waals surface area contributed by atoms with Crippen molar-refractivity contribution in [2.75, 3.05) is 0 Å². The lowest BCUT2D eigenvalue weighted by atomic mass is 10.1. The SMILES string of the molecule is SNC1CCCCC[C@@H]1I. The van der Waals surface area contributed by atoms with Gasteiger partial charge in [-0.05, 0) is 12.8 Å². The van der Waals surface area contributed by atoms with E-state index in [1.54, 1.807) is 0 Å². The van der Waals surface area contributed by atoms with E-state index in [0.717, 1.165) is 3.92 Å². The van der Waals surface area contributed by atoms with Crippen molar-refractivity contribution in [1.82, 2.24) is 4.72 Å². The summed E-state index contributed by atoms with van der Waals surface area (Å²) in [5.41, 5.74) is 0. The van der Waals surface area contributed by atoms with Gasteiger partial charge in [0.05, 0.1) is 0 Å². The van der Waals surface area contributed by atoms with E-state index in [-0.39, 0.29) is 0 Å². The van der Waals surface area contributed by atoms with E-state index in [0.29, 0.717) is 6.04 Å². The molecule has 0 spiro atoms. The van der Waals surface area contributed by atoms with Gasteiger partial charge < -0.3 is 0 Å². The molecule has 0 aromatic carbocycles. The third kappa shape index (κ3) is 2.58. The van der Waals surface area contributed by atoms with Crippen LogP contribution in [0, 0.1) is 0 Å². The lowest BCUT2D eigenvalue weighted by molar-refractivity contribution is 0.578. The number of rotatable bonds is 1. The molecule has 1 aliphatic carbocycles. The van der Waals surface area contributed by atoms with Gasteiger partial charge in [0, 0.05) is 9.97 Å². The van der Waals surface area contributed by atoms with Gasteiger partial charge in [-0.1, -0.05) is 54.7 Å². The van der Waals surface area contributed by atoms with Gasteiger partial charge in [0.15, 0.2) is 0 Å². The number of thiol groups is 1. The molecule has 3 heteroatoms. The number of hydrogen-bond acceptors (Lipinski definition) is 2. The second kappa shape index (κ2) is 4.83. The smallest absolute Gasteiger partial charge is 0.0287 e. The van der Waals surface area contributed by atoms with Crippen LogP contribution in [0.25, 0.3) is 0 Å². The fraction of sp³-hybridized carbons (Fsp3) is 1.00. The molecule has 0 heterocycles. The van der Waals surface area contributed by atoms with Crippen molar-refractivity contribution in [3.05, 3.63) is 0 Å². The van der Waals surface area contributed by atoms with Crippen LogP contribution in [0.2, 0.25) is 0 Å². The highest BCUT2D eigenvalue weighted by molar-refractivity contribution is 14.1. The van der Waals surface area contributed by atoms with Gasteiger partial charge in [-0.15, -0.1) is 0 Å². The van der Waals surface area contributed by atoms with Gasteiger partial charge >= 0.3 is 0 Å². The molecule has 0 aliphatic heterocycles. The Morgan fingerprint density at radius 3 is 2.60 bits per heavy atom. The van der Waals surface area contributed by atoms with E-state index in [2.05, 4.69) is 40.1 Å². The Morgan fingerprint density at radius 2 is 1.90 bits per heavy atom. The zero-order valence-electron chi connectivity index (χ0n) is 6.02. The molecule has 1 unspecified atom stereocenters. The van der Waals surface area contributed by atoms with Crippen molar-refractivity contribution < 1.29 is 0 Å². The maximum atomic E-state index is 4.12. The third-order valence-electron chi connectivity index (χ3n) is 2.10. The van der Waals surface area contributed by atoms with Crippen LogP contribution in [-0.2, 0) is 0 Å². The number of nitrogens with one attached hydrogen (secondary N) is 1. The first-order valence-electron chi connectivity index (χ1n) is 3.88. The summed E-state index contributed by atoms with van der Waals surface area (Å²) >= 11 is 6.65. The Balaban J connectivity index is 2.35. The average molecular weight is 271 g/mol. The Kier molecular flexibility index (Phi) is 4.41. The summed E-state index contributed by atoms with van der Waals surface area (Å²) < 4.78 is 3.87. The second-order valence-corrected chi connectivity index (χ2v) is 4.75. The standard InChI is InChI=1S/C7H14INS/c8-6-4-2-1-3-5-7(6)9-10/h6-7,9-10H,1-5H2/t6-,7?/m0/s1. The molecule has 0 radical (unpaired) electrons. The molecule has 0 saturated heterocycles. The first-order chi connectivity index (χ1) is 4.84. The molecule has 1 nitrogen and oxygen atoms in total. The molecule has 0 amide bonds. The number of halogens is 1. The van der Waals surface area contributed by atoms with Gasteiger partial charge in [0.25, 0.3) is 0 Å². The van der Waals surface area contributed by atoms with Crippen LogP contribution in [0.15, 0.2) is 0 Å². The van der Waals surface area contributed by atoms with Crippen LogP contribution >= 0.6 is 35.4 Å². The molecular formula is C7H14INS. The molecule has 1 N–H and O–H groups in total. The van der Waals surface area contributed by atoms with Crippen LogP contribution in [0.5, 0.6) is 0 Å². The minimum atomic E-state index is 0.645. The zero-order chi connectivity index (χ0) is 7.40. The minimum absolute atomic E-state index is 0.645. The van der Waals surface area contributed by atoms with Crippen molar-refractivity contribution >= 4 is 35.4 Å². The summed E-state index contributed by atoms with van der Waals surface area (Å²) in [6.07, 6.45) is 6.85. The highest BCUT2D eigenvalue weighted by Crippen LogP contribution is 2.24. The molecule has 1 rings (SSSR count). The van der Waals surface area contributed by atoms with Crippen molar-refractivity contribution in [3.8, 4) is 0 Å². The zero-order valence-corrected chi connectivity index (χ0v) is 9.07. The van der Waals surface area contributed by atoms with Crippen LogP contribution in [-0.4, -0.2) is 9.97 Å². The van der Waals surface area contributed by atoms with Crippen molar-refractivity contribution in [2.45, 2.75) is 42.1 Å². The first-order valence-corrected chi connectivity index (χ1v) is 5.57. The minimum Gasteiger partial charge on any atom is -0.263 e. The molecule has 10 heavy (non-hydrogen) atoms. The van der Waals surface area contributed by atoms with Crippen LogP contribution in [0.3, 0.4) is 0 Å². The summed E-state index contributed by atoms with van der Waals surface area (Å²) in [6.45, 7) is 0. The topological polar surface area (TPSA) is 12.0 Å². The molecule has 0 aromatic heterocycles. The quantitative estimate of drug-likeness (QED) is 0.323. The van der Waals surface area contributed by atoms with Gasteiger partial charge in [-0.2, -0.15) is 0 Å². The Hall–Kier alpha value is 1.04. The van der Waals surface area contributed by atoms with Crippen LogP contribution in [0.1, 0.15) is 32.1 Å². The van der Waals surface area contributed by atoms with Crippen molar-refractivity contribution in [1.29, 1.82) is 0 Å². The highest BCUT2D eigenvalue weighted by Gasteiger charge is 2.19. The largest absolute Gasteiger partial charge is 0.263 e.